The number of rotatable bonds is 9. The van der Waals surface area contributed by atoms with Gasteiger partial charge in [-0.3, -0.25) is 4.99 Å². The van der Waals surface area contributed by atoms with Crippen LogP contribution in [0.25, 0.3) is 0 Å². The maximum atomic E-state index is 5.82. The molecule has 0 aliphatic carbocycles. The van der Waals surface area contributed by atoms with Gasteiger partial charge in [-0.25, -0.2) is 0 Å². The van der Waals surface area contributed by atoms with Crippen LogP contribution >= 0.6 is 24.0 Å². The van der Waals surface area contributed by atoms with Crippen molar-refractivity contribution in [3.8, 4) is 5.75 Å². The first-order valence-electron chi connectivity index (χ1n) is 8.95. The highest BCUT2D eigenvalue weighted by Gasteiger charge is 2.24. The lowest BCUT2D eigenvalue weighted by Gasteiger charge is -2.22. The number of aryl methyl sites for hydroxylation is 1. The fourth-order valence-corrected chi connectivity index (χ4v) is 2.93. The van der Waals surface area contributed by atoms with E-state index in [4.69, 9.17) is 14.2 Å². The zero-order chi connectivity index (χ0) is 17.9. The van der Waals surface area contributed by atoms with Gasteiger partial charge < -0.3 is 24.4 Å². The zero-order valence-electron chi connectivity index (χ0n) is 16.1. The van der Waals surface area contributed by atoms with Gasteiger partial charge in [0.2, 0.25) is 0 Å². The van der Waals surface area contributed by atoms with Crippen molar-refractivity contribution in [3.63, 3.8) is 0 Å². The molecule has 1 heterocycles. The lowest BCUT2D eigenvalue weighted by molar-refractivity contribution is 0.0536. The van der Waals surface area contributed by atoms with E-state index >= 15 is 0 Å². The number of nitrogens with one attached hydrogen (secondary N) is 1. The van der Waals surface area contributed by atoms with E-state index < -0.39 is 0 Å². The molecule has 0 aromatic heterocycles. The van der Waals surface area contributed by atoms with Crippen LogP contribution in [-0.4, -0.2) is 71.1 Å². The molecule has 1 aliphatic heterocycles. The summed E-state index contributed by atoms with van der Waals surface area (Å²) in [5, 5.41) is 3.39. The van der Waals surface area contributed by atoms with Crippen molar-refractivity contribution in [1.29, 1.82) is 0 Å². The SMILES string of the molecule is CN=C(NCCOc1ccccc1C)N1CCC(COCCOC)C1.I. The van der Waals surface area contributed by atoms with Crippen LogP contribution in [-0.2, 0) is 9.47 Å². The smallest absolute Gasteiger partial charge is 0.193 e. The Morgan fingerprint density at radius 2 is 2.08 bits per heavy atom. The zero-order valence-corrected chi connectivity index (χ0v) is 18.4. The molecule has 0 radical (unpaired) electrons. The molecular weight excluding hydrogens is 445 g/mol. The number of hydrogen-bond acceptors (Lipinski definition) is 4. The van der Waals surface area contributed by atoms with Crippen LogP contribution in [0.3, 0.4) is 0 Å². The van der Waals surface area contributed by atoms with Gasteiger partial charge in [-0.1, -0.05) is 18.2 Å². The number of guanidine groups is 1. The van der Waals surface area contributed by atoms with E-state index in [9.17, 15) is 0 Å². The second-order valence-electron chi connectivity index (χ2n) is 6.26. The molecule has 1 fully saturated rings. The van der Waals surface area contributed by atoms with Crippen LogP contribution in [0.1, 0.15) is 12.0 Å². The molecule has 1 unspecified atom stereocenters. The molecule has 1 N–H and O–H groups in total. The molecule has 0 amide bonds. The monoisotopic (exact) mass is 477 g/mol. The van der Waals surface area contributed by atoms with E-state index in [1.54, 1.807) is 7.11 Å². The van der Waals surface area contributed by atoms with Gasteiger partial charge in [0.15, 0.2) is 5.96 Å². The van der Waals surface area contributed by atoms with E-state index in [1.165, 1.54) is 0 Å². The van der Waals surface area contributed by atoms with Gasteiger partial charge in [0, 0.05) is 33.2 Å². The Hall–Kier alpha value is -1.06. The summed E-state index contributed by atoms with van der Waals surface area (Å²) >= 11 is 0. The van der Waals surface area contributed by atoms with Crippen LogP contribution in [0.2, 0.25) is 0 Å². The minimum Gasteiger partial charge on any atom is -0.491 e. The third kappa shape index (κ3) is 7.67. The fraction of sp³-hybridized carbons (Fsp3) is 0.632. The number of para-hydroxylation sites is 1. The third-order valence-electron chi connectivity index (χ3n) is 4.32. The lowest BCUT2D eigenvalue weighted by Crippen LogP contribution is -2.41. The summed E-state index contributed by atoms with van der Waals surface area (Å²) < 4.78 is 16.5. The summed E-state index contributed by atoms with van der Waals surface area (Å²) in [5.41, 5.74) is 1.16. The summed E-state index contributed by atoms with van der Waals surface area (Å²) in [4.78, 5) is 6.68. The van der Waals surface area contributed by atoms with Gasteiger partial charge in [0.25, 0.3) is 0 Å². The predicted molar refractivity (Wildman–Crippen MR) is 116 cm³/mol. The number of methoxy groups -OCH3 is 1. The molecule has 1 saturated heterocycles. The van der Waals surface area contributed by atoms with Crippen molar-refractivity contribution in [1.82, 2.24) is 10.2 Å². The Morgan fingerprint density at radius 1 is 1.27 bits per heavy atom. The van der Waals surface area contributed by atoms with Gasteiger partial charge >= 0.3 is 0 Å². The van der Waals surface area contributed by atoms with Crippen molar-refractivity contribution in [2.75, 3.05) is 60.2 Å². The van der Waals surface area contributed by atoms with Crippen molar-refractivity contribution in [2.45, 2.75) is 13.3 Å². The summed E-state index contributed by atoms with van der Waals surface area (Å²) in [6, 6.07) is 8.07. The largest absolute Gasteiger partial charge is 0.491 e. The topological polar surface area (TPSA) is 55.3 Å². The molecular formula is C19H32IN3O3. The highest BCUT2D eigenvalue weighted by Crippen LogP contribution is 2.17. The molecule has 7 heteroatoms. The molecule has 148 valence electrons. The normalized spacial score (nSPS) is 17.1. The lowest BCUT2D eigenvalue weighted by atomic mass is 10.1. The van der Waals surface area contributed by atoms with Gasteiger partial charge in [-0.15, -0.1) is 24.0 Å². The molecule has 1 aromatic rings. The van der Waals surface area contributed by atoms with E-state index in [0.29, 0.717) is 25.7 Å². The summed E-state index contributed by atoms with van der Waals surface area (Å²) in [6.45, 7) is 7.49. The number of benzene rings is 1. The van der Waals surface area contributed by atoms with Gasteiger partial charge in [0.1, 0.15) is 12.4 Å². The van der Waals surface area contributed by atoms with Crippen LogP contribution in [0.4, 0.5) is 0 Å². The molecule has 1 aliphatic rings. The average Bonchev–Trinajstić information content (AvgIpc) is 3.09. The first-order valence-corrected chi connectivity index (χ1v) is 8.95. The first-order chi connectivity index (χ1) is 12.2. The van der Waals surface area contributed by atoms with Crippen LogP contribution < -0.4 is 10.1 Å². The number of likely N-dealkylation sites (tertiary alicyclic amines) is 1. The quantitative estimate of drug-likeness (QED) is 0.257. The van der Waals surface area contributed by atoms with Crippen molar-refractivity contribution < 1.29 is 14.2 Å². The highest BCUT2D eigenvalue weighted by molar-refractivity contribution is 14.0. The molecule has 0 bridgehead atoms. The summed E-state index contributed by atoms with van der Waals surface area (Å²) in [5.74, 6) is 2.43. The molecule has 1 atom stereocenters. The van der Waals surface area contributed by atoms with Crippen molar-refractivity contribution in [2.24, 2.45) is 10.9 Å². The number of nitrogens with zero attached hydrogens (tertiary/aromatic N) is 2. The molecule has 0 spiro atoms. The third-order valence-corrected chi connectivity index (χ3v) is 4.32. The fourth-order valence-electron chi connectivity index (χ4n) is 2.93. The minimum absolute atomic E-state index is 0. The first kappa shape index (κ1) is 23.0. The molecule has 1 aromatic carbocycles. The average molecular weight is 477 g/mol. The second-order valence-corrected chi connectivity index (χ2v) is 6.26. The van der Waals surface area contributed by atoms with E-state index in [2.05, 4.69) is 28.2 Å². The number of aliphatic imine (C=N–C) groups is 1. The standard InChI is InChI=1S/C19H31N3O3.HI/c1-16-6-4-5-7-18(16)25-11-9-21-19(20-2)22-10-8-17(14-22)15-24-13-12-23-3;/h4-7,17H,8-15H2,1-3H3,(H,20,21);1H. The minimum atomic E-state index is 0. The van der Waals surface area contributed by atoms with Crippen LogP contribution in [0.5, 0.6) is 5.75 Å². The second kappa shape index (κ2) is 13.2. The Labute approximate surface area is 174 Å². The number of ether oxygens (including phenoxy) is 3. The highest BCUT2D eigenvalue weighted by atomic mass is 127. The van der Waals surface area contributed by atoms with Crippen LogP contribution in [0.15, 0.2) is 29.3 Å². The molecule has 0 saturated carbocycles. The Bertz CT molecular complexity index is 543. The maximum absolute atomic E-state index is 5.82. The van der Waals surface area contributed by atoms with Gasteiger partial charge in [-0.2, -0.15) is 0 Å². The molecule has 26 heavy (non-hydrogen) atoms. The maximum Gasteiger partial charge on any atom is 0.193 e. The Balaban J connectivity index is 0.00000338. The number of hydrogen-bond donors (Lipinski definition) is 1. The van der Waals surface area contributed by atoms with Gasteiger partial charge in [-0.05, 0) is 25.0 Å². The molecule has 2 rings (SSSR count). The van der Waals surface area contributed by atoms with Gasteiger partial charge in [0.05, 0.1) is 26.4 Å². The van der Waals surface area contributed by atoms with Crippen molar-refractivity contribution in [3.05, 3.63) is 29.8 Å². The van der Waals surface area contributed by atoms with E-state index in [1.807, 2.05) is 25.2 Å². The summed E-state index contributed by atoms with van der Waals surface area (Å²) in [6.07, 6.45) is 1.13. The van der Waals surface area contributed by atoms with E-state index in [0.717, 1.165) is 49.9 Å². The number of halogens is 1. The summed E-state index contributed by atoms with van der Waals surface area (Å²) in [7, 11) is 3.52. The Kier molecular flexibility index (Phi) is 11.6. The van der Waals surface area contributed by atoms with Crippen molar-refractivity contribution >= 4 is 29.9 Å². The predicted octanol–water partition coefficient (Wildman–Crippen LogP) is 2.55. The Morgan fingerprint density at radius 3 is 2.81 bits per heavy atom. The van der Waals surface area contributed by atoms with Crippen LogP contribution in [0, 0.1) is 12.8 Å². The van der Waals surface area contributed by atoms with E-state index in [-0.39, 0.29) is 24.0 Å². The molecule has 6 nitrogen and oxygen atoms in total.